The minimum Gasteiger partial charge on any atom is -0.478 e. The molecule has 108 valence electrons. The Morgan fingerprint density at radius 1 is 1.24 bits per heavy atom. The molecule has 1 N–H and O–H groups in total. The maximum atomic E-state index is 11.2. The Hall–Kier alpha value is -1.87. The normalized spacial score (nSPS) is 10.2. The molecule has 6 nitrogen and oxygen atoms in total. The second kappa shape index (κ2) is 6.27. The molecule has 0 saturated heterocycles. The molecule has 2 aromatic carbocycles. The van der Waals surface area contributed by atoms with Crippen molar-refractivity contribution in [3.63, 3.8) is 0 Å². The summed E-state index contributed by atoms with van der Waals surface area (Å²) in [5.74, 6) is -1.29. The van der Waals surface area contributed by atoms with E-state index in [0.717, 1.165) is 0 Å². The summed E-state index contributed by atoms with van der Waals surface area (Å²) in [4.78, 5) is 21.6. The number of halogens is 2. The monoisotopic (exact) mass is 419 g/mol. The number of rotatable bonds is 4. The van der Waals surface area contributed by atoms with Gasteiger partial charge in [0.15, 0.2) is 0 Å². The molecule has 0 aliphatic rings. The predicted molar refractivity (Wildman–Crippen MR) is 84.3 cm³/mol. The van der Waals surface area contributed by atoms with Gasteiger partial charge in [-0.3, -0.25) is 10.1 Å². The Balaban J connectivity index is 2.48. The average Bonchev–Trinajstić information content (AvgIpc) is 2.42. The fraction of sp³-hybridized carbons (Fsp3) is 0. The van der Waals surface area contributed by atoms with Crippen LogP contribution in [0.25, 0.3) is 0 Å². The standard InChI is InChI=1S/C13H7ClINO5/c14-7-1-3-11(9(5-7)13(17)18)21-12-4-2-8(15)6-10(12)16(19)20/h1-6H,(H,17,18). The molecule has 0 saturated carbocycles. The van der Waals surface area contributed by atoms with Gasteiger partial charge in [0, 0.05) is 14.7 Å². The van der Waals surface area contributed by atoms with Crippen LogP contribution in [0.2, 0.25) is 5.02 Å². The number of nitro groups is 1. The Labute approximate surface area is 137 Å². The zero-order valence-corrected chi connectivity index (χ0v) is 13.2. The number of benzene rings is 2. The summed E-state index contributed by atoms with van der Waals surface area (Å²) in [6.07, 6.45) is 0. The Kier molecular flexibility index (Phi) is 4.63. The van der Waals surface area contributed by atoms with Crippen LogP contribution in [0.4, 0.5) is 5.69 Å². The van der Waals surface area contributed by atoms with Gasteiger partial charge in [0.05, 0.1) is 4.92 Å². The minimum atomic E-state index is -1.24. The maximum Gasteiger partial charge on any atom is 0.339 e. The summed E-state index contributed by atoms with van der Waals surface area (Å²) in [5.41, 5.74) is -0.413. The lowest BCUT2D eigenvalue weighted by Crippen LogP contribution is -2.01. The molecule has 0 aliphatic carbocycles. The summed E-state index contributed by atoms with van der Waals surface area (Å²) in [5, 5.41) is 20.4. The molecule has 0 bridgehead atoms. The van der Waals surface area contributed by atoms with Crippen molar-refractivity contribution in [1.82, 2.24) is 0 Å². The van der Waals surface area contributed by atoms with E-state index in [1.54, 1.807) is 6.07 Å². The summed E-state index contributed by atoms with van der Waals surface area (Å²) in [7, 11) is 0. The first kappa shape index (κ1) is 15.5. The van der Waals surface area contributed by atoms with E-state index >= 15 is 0 Å². The molecule has 21 heavy (non-hydrogen) atoms. The van der Waals surface area contributed by atoms with Crippen molar-refractivity contribution >= 4 is 45.8 Å². The topological polar surface area (TPSA) is 89.7 Å². The third kappa shape index (κ3) is 3.61. The molecule has 0 fully saturated rings. The van der Waals surface area contributed by atoms with Crippen LogP contribution in [0.15, 0.2) is 36.4 Å². The second-order valence-corrected chi connectivity index (χ2v) is 5.60. The van der Waals surface area contributed by atoms with Gasteiger partial charge < -0.3 is 9.84 Å². The van der Waals surface area contributed by atoms with E-state index in [0.29, 0.717) is 3.57 Å². The first-order chi connectivity index (χ1) is 9.88. The third-order valence-corrected chi connectivity index (χ3v) is 3.42. The van der Waals surface area contributed by atoms with E-state index in [4.69, 9.17) is 21.4 Å². The Bertz CT molecular complexity index is 673. The second-order valence-electron chi connectivity index (χ2n) is 3.92. The van der Waals surface area contributed by atoms with Crippen molar-refractivity contribution < 1.29 is 19.6 Å². The largest absolute Gasteiger partial charge is 0.478 e. The van der Waals surface area contributed by atoms with Crippen LogP contribution >= 0.6 is 34.2 Å². The highest BCUT2D eigenvalue weighted by atomic mass is 127. The smallest absolute Gasteiger partial charge is 0.339 e. The van der Waals surface area contributed by atoms with E-state index in [2.05, 4.69) is 0 Å². The number of aromatic carboxylic acids is 1. The summed E-state index contributed by atoms with van der Waals surface area (Å²) in [6, 6.07) is 8.40. The van der Waals surface area contributed by atoms with E-state index in [1.807, 2.05) is 22.6 Å². The van der Waals surface area contributed by atoms with E-state index in [-0.39, 0.29) is 27.8 Å². The molecule has 0 amide bonds. The predicted octanol–water partition coefficient (Wildman–Crippen LogP) is 4.34. The van der Waals surface area contributed by atoms with E-state index in [9.17, 15) is 14.9 Å². The molecular weight excluding hydrogens is 413 g/mol. The van der Waals surface area contributed by atoms with Crippen molar-refractivity contribution in [2.24, 2.45) is 0 Å². The van der Waals surface area contributed by atoms with E-state index in [1.165, 1.54) is 30.3 Å². The fourth-order valence-electron chi connectivity index (χ4n) is 1.60. The first-order valence-corrected chi connectivity index (χ1v) is 6.99. The van der Waals surface area contributed by atoms with Crippen LogP contribution in [0.5, 0.6) is 11.5 Å². The maximum absolute atomic E-state index is 11.2. The molecule has 2 aromatic rings. The molecule has 0 atom stereocenters. The van der Waals surface area contributed by atoms with Crippen molar-refractivity contribution in [3.05, 3.63) is 60.7 Å². The molecule has 0 radical (unpaired) electrons. The van der Waals surface area contributed by atoms with Gasteiger partial charge in [-0.2, -0.15) is 0 Å². The number of nitrogens with zero attached hydrogens (tertiary/aromatic N) is 1. The highest BCUT2D eigenvalue weighted by molar-refractivity contribution is 14.1. The zero-order valence-electron chi connectivity index (χ0n) is 10.2. The summed E-state index contributed by atoms with van der Waals surface area (Å²) < 4.78 is 6.06. The SMILES string of the molecule is O=C(O)c1cc(Cl)ccc1Oc1ccc(I)cc1[N+](=O)[O-]. The highest BCUT2D eigenvalue weighted by Gasteiger charge is 2.19. The van der Waals surface area contributed by atoms with Crippen molar-refractivity contribution in [2.75, 3.05) is 0 Å². The van der Waals surface area contributed by atoms with Gasteiger partial charge >= 0.3 is 11.7 Å². The number of carbonyl (C=O) groups is 1. The van der Waals surface area contributed by atoms with Gasteiger partial charge in [0.1, 0.15) is 11.3 Å². The molecule has 2 rings (SSSR count). The van der Waals surface area contributed by atoms with Gasteiger partial charge in [-0.25, -0.2) is 4.79 Å². The first-order valence-electron chi connectivity index (χ1n) is 5.53. The van der Waals surface area contributed by atoms with Gasteiger partial charge in [-0.15, -0.1) is 0 Å². The highest BCUT2D eigenvalue weighted by Crippen LogP contribution is 2.34. The zero-order chi connectivity index (χ0) is 15.6. The molecule has 0 spiro atoms. The van der Waals surface area contributed by atoms with Gasteiger partial charge in [0.25, 0.3) is 0 Å². The number of carboxylic acid groups (broad SMARTS) is 1. The van der Waals surface area contributed by atoms with Gasteiger partial charge in [-0.1, -0.05) is 11.6 Å². The van der Waals surface area contributed by atoms with Crippen molar-refractivity contribution in [3.8, 4) is 11.5 Å². The minimum absolute atomic E-state index is 0.0174. The van der Waals surface area contributed by atoms with Crippen LogP contribution in [0.1, 0.15) is 10.4 Å². The van der Waals surface area contributed by atoms with Crippen LogP contribution < -0.4 is 4.74 Å². The van der Waals surface area contributed by atoms with Crippen molar-refractivity contribution in [2.45, 2.75) is 0 Å². The van der Waals surface area contributed by atoms with Crippen LogP contribution in [-0.2, 0) is 0 Å². The van der Waals surface area contributed by atoms with Gasteiger partial charge in [-0.05, 0) is 52.9 Å². The lowest BCUT2D eigenvalue weighted by atomic mass is 10.2. The van der Waals surface area contributed by atoms with Crippen molar-refractivity contribution in [1.29, 1.82) is 0 Å². The molecule has 0 aliphatic heterocycles. The lowest BCUT2D eigenvalue weighted by Gasteiger charge is -2.09. The number of ether oxygens (including phenoxy) is 1. The number of hydrogen-bond acceptors (Lipinski definition) is 4. The summed E-state index contributed by atoms with van der Waals surface area (Å²) >= 11 is 7.67. The lowest BCUT2D eigenvalue weighted by molar-refractivity contribution is -0.385. The fourth-order valence-corrected chi connectivity index (χ4v) is 2.24. The van der Waals surface area contributed by atoms with Crippen LogP contribution in [0, 0.1) is 13.7 Å². The molecular formula is C13H7ClINO5. The van der Waals surface area contributed by atoms with Crippen LogP contribution in [0.3, 0.4) is 0 Å². The average molecular weight is 420 g/mol. The van der Waals surface area contributed by atoms with E-state index < -0.39 is 10.9 Å². The number of carboxylic acids is 1. The molecule has 0 unspecified atom stereocenters. The molecule has 0 aromatic heterocycles. The molecule has 8 heteroatoms. The van der Waals surface area contributed by atoms with Crippen LogP contribution in [-0.4, -0.2) is 16.0 Å². The number of nitro benzene ring substituents is 1. The number of hydrogen-bond donors (Lipinski definition) is 1. The Morgan fingerprint density at radius 2 is 1.90 bits per heavy atom. The third-order valence-electron chi connectivity index (χ3n) is 2.51. The Morgan fingerprint density at radius 3 is 2.52 bits per heavy atom. The molecule has 0 heterocycles. The quantitative estimate of drug-likeness (QED) is 0.452. The van der Waals surface area contributed by atoms with Gasteiger partial charge in [0.2, 0.25) is 5.75 Å². The summed E-state index contributed by atoms with van der Waals surface area (Å²) in [6.45, 7) is 0.